The Labute approximate surface area is 299 Å². The maximum absolute atomic E-state index is 13.6. The topological polar surface area (TPSA) is 146 Å². The van der Waals surface area contributed by atoms with E-state index in [9.17, 15) is 28.2 Å². The molecule has 1 aliphatic rings. The van der Waals surface area contributed by atoms with E-state index in [0.29, 0.717) is 41.4 Å². The number of nitrogens with one attached hydrogen (secondary N) is 2. The summed E-state index contributed by atoms with van der Waals surface area (Å²) in [4.78, 5) is 31.5. The van der Waals surface area contributed by atoms with Gasteiger partial charge in [0, 0.05) is 44.7 Å². The number of aromatic nitrogens is 6. The van der Waals surface area contributed by atoms with Crippen molar-refractivity contribution >= 4 is 28.8 Å². The van der Waals surface area contributed by atoms with Crippen LogP contribution in [-0.4, -0.2) is 94.2 Å². The first kappa shape index (κ1) is 36.8. The van der Waals surface area contributed by atoms with Gasteiger partial charge in [-0.1, -0.05) is 67.6 Å². The summed E-state index contributed by atoms with van der Waals surface area (Å²) in [7, 11) is 0. The smallest absolute Gasteiger partial charge is 0.388 e. The van der Waals surface area contributed by atoms with Crippen LogP contribution in [0.2, 0.25) is 0 Å². The summed E-state index contributed by atoms with van der Waals surface area (Å²) in [5.74, 6) is -1.23. The third kappa shape index (κ3) is 8.05. The number of imidazole rings is 2. The summed E-state index contributed by atoms with van der Waals surface area (Å²) in [6.45, 7) is 5.23. The molecule has 5 aromatic rings. The van der Waals surface area contributed by atoms with Gasteiger partial charge >= 0.3 is 12.1 Å². The Balaban J connectivity index is 1.29. The predicted molar refractivity (Wildman–Crippen MR) is 191 cm³/mol. The highest BCUT2D eigenvalue weighted by atomic mass is 19.4. The Morgan fingerprint density at radius 2 is 1.63 bits per heavy atom. The first-order valence-electron chi connectivity index (χ1n) is 17.7. The van der Waals surface area contributed by atoms with Crippen molar-refractivity contribution in [1.29, 1.82) is 0 Å². The van der Waals surface area contributed by atoms with Crippen molar-refractivity contribution in [2.45, 2.75) is 82.5 Å². The maximum Gasteiger partial charge on any atom is 0.471 e. The number of aryl methyl sites for hydroxylation is 1. The molecule has 3 aromatic heterocycles. The normalized spacial score (nSPS) is 19.0. The Morgan fingerprint density at radius 1 is 0.942 bits per heavy atom. The summed E-state index contributed by atoms with van der Waals surface area (Å²) in [5, 5.41) is 28.9. The molecule has 3 heterocycles. The molecule has 276 valence electrons. The average Bonchev–Trinajstić information content (AvgIpc) is 3.86. The number of alkyl halides is 3. The van der Waals surface area contributed by atoms with E-state index in [1.54, 1.807) is 17.8 Å². The van der Waals surface area contributed by atoms with Crippen LogP contribution in [0.5, 0.6) is 0 Å². The fraction of sp³-hybridized carbons (Fsp3) is 0.432. The Bertz CT molecular complexity index is 1880. The van der Waals surface area contributed by atoms with E-state index in [-0.39, 0.29) is 31.3 Å². The lowest BCUT2D eigenvalue weighted by Gasteiger charge is -2.31. The maximum atomic E-state index is 13.6. The van der Waals surface area contributed by atoms with Crippen LogP contribution in [0, 0.1) is 0 Å². The van der Waals surface area contributed by atoms with Gasteiger partial charge in [-0.3, -0.25) is 4.79 Å². The highest BCUT2D eigenvalue weighted by Crippen LogP contribution is 2.38. The van der Waals surface area contributed by atoms with Gasteiger partial charge in [0.1, 0.15) is 12.2 Å². The monoisotopic (exact) mass is 719 g/mol. The van der Waals surface area contributed by atoms with Crippen LogP contribution in [0.15, 0.2) is 79.5 Å². The minimum Gasteiger partial charge on any atom is -0.388 e. The third-order valence-electron chi connectivity index (χ3n) is 9.61. The van der Waals surface area contributed by atoms with Gasteiger partial charge in [0.2, 0.25) is 5.95 Å². The molecule has 0 spiro atoms. The number of aliphatic hydroxyl groups excluding tert-OH is 2. The van der Waals surface area contributed by atoms with E-state index in [1.807, 2.05) is 54.1 Å². The first-order chi connectivity index (χ1) is 25.1. The number of halogens is 3. The van der Waals surface area contributed by atoms with E-state index in [2.05, 4.69) is 44.9 Å². The van der Waals surface area contributed by atoms with Crippen LogP contribution in [0.1, 0.15) is 61.9 Å². The number of benzene rings is 2. The number of fused-ring (bicyclic) bond motifs is 1. The summed E-state index contributed by atoms with van der Waals surface area (Å²) in [6, 6.07) is 18.3. The molecule has 0 unspecified atom stereocenters. The molecular weight excluding hydrogens is 675 g/mol. The SMILES string of the molecule is CCCN(C(=O)C(F)(F)F)[C@H]1C[C@@H](n2cnc3c(NCCC(c4ccccc4)c4ccccc4)nc(NCCc4cn(CC)cn4)nc32)[C@H](O)[C@@H]1O. The standard InChI is InChI=1S/C37H44F3N9O3/c1-3-19-48(35(52)37(38,39)40)28-20-29(32(51)31(28)50)49-23-44-30-33(45-36(46-34(30)49)42-17-15-26-21-47(4-2)22-43-26)41-18-16-27(24-11-7-5-8-12-24)25-13-9-6-10-14-25/h5-14,21-23,27-29,31-32,50-51H,3-4,15-20H2,1-2H3,(H2,41,42,45,46)/t28-,29+,31+,32-/m0/s1. The summed E-state index contributed by atoms with van der Waals surface area (Å²) < 4.78 is 44.2. The van der Waals surface area contributed by atoms with E-state index in [4.69, 9.17) is 9.97 Å². The lowest BCUT2D eigenvalue weighted by molar-refractivity contribution is -0.190. The molecule has 2 aromatic carbocycles. The second kappa shape index (κ2) is 16.1. The molecule has 6 rings (SSSR count). The van der Waals surface area contributed by atoms with Crippen molar-refractivity contribution in [1.82, 2.24) is 34.0 Å². The van der Waals surface area contributed by atoms with Crippen molar-refractivity contribution in [2.24, 2.45) is 0 Å². The summed E-state index contributed by atoms with van der Waals surface area (Å²) >= 11 is 0. The largest absolute Gasteiger partial charge is 0.471 e. The molecule has 1 fully saturated rings. The van der Waals surface area contributed by atoms with Crippen LogP contribution in [0.3, 0.4) is 0 Å². The van der Waals surface area contributed by atoms with Crippen molar-refractivity contribution in [3.63, 3.8) is 0 Å². The predicted octanol–water partition coefficient (Wildman–Crippen LogP) is 5.17. The highest BCUT2D eigenvalue weighted by molar-refractivity contribution is 5.84. The van der Waals surface area contributed by atoms with Gasteiger partial charge in [-0.2, -0.15) is 23.1 Å². The van der Waals surface area contributed by atoms with Gasteiger partial charge in [0.05, 0.1) is 30.4 Å². The fourth-order valence-electron chi connectivity index (χ4n) is 7.00. The molecule has 1 aliphatic carbocycles. The van der Waals surface area contributed by atoms with Crippen molar-refractivity contribution < 1.29 is 28.2 Å². The van der Waals surface area contributed by atoms with Crippen molar-refractivity contribution in [3.05, 3.63) is 96.3 Å². The minimum atomic E-state index is -5.12. The summed E-state index contributed by atoms with van der Waals surface area (Å²) in [6.07, 6.45) is -1.62. The lowest BCUT2D eigenvalue weighted by Crippen LogP contribution is -2.51. The average molecular weight is 720 g/mol. The molecule has 52 heavy (non-hydrogen) atoms. The van der Waals surface area contributed by atoms with Gasteiger partial charge in [-0.25, -0.2) is 9.97 Å². The van der Waals surface area contributed by atoms with Crippen LogP contribution in [-0.2, 0) is 17.8 Å². The first-order valence-corrected chi connectivity index (χ1v) is 17.7. The van der Waals surface area contributed by atoms with E-state index in [0.717, 1.165) is 18.7 Å². The molecule has 0 aliphatic heterocycles. The van der Waals surface area contributed by atoms with Crippen molar-refractivity contribution in [3.8, 4) is 0 Å². The van der Waals surface area contributed by atoms with Crippen LogP contribution >= 0.6 is 0 Å². The number of nitrogens with zero attached hydrogens (tertiary/aromatic N) is 7. The van der Waals surface area contributed by atoms with Gasteiger partial charge in [-0.05, 0) is 37.3 Å². The van der Waals surface area contributed by atoms with Crippen LogP contribution in [0.4, 0.5) is 24.9 Å². The number of carbonyl (C=O) groups is 1. The molecule has 1 amide bonds. The number of carbonyl (C=O) groups excluding carboxylic acids is 1. The molecule has 4 N–H and O–H groups in total. The highest BCUT2D eigenvalue weighted by Gasteiger charge is 2.51. The second-order valence-corrected chi connectivity index (χ2v) is 13.0. The number of anilines is 2. The number of rotatable bonds is 15. The quantitative estimate of drug-likeness (QED) is 0.115. The molecule has 0 radical (unpaired) electrons. The molecular formula is C37H44F3N9O3. The van der Waals surface area contributed by atoms with Gasteiger partial charge < -0.3 is 34.9 Å². The number of hydrogen-bond acceptors (Lipinski definition) is 9. The van der Waals surface area contributed by atoms with Crippen molar-refractivity contribution in [2.75, 3.05) is 30.3 Å². The number of aliphatic hydroxyl groups is 2. The van der Waals surface area contributed by atoms with Crippen LogP contribution in [0.25, 0.3) is 11.2 Å². The van der Waals surface area contributed by atoms with E-state index < -0.39 is 36.4 Å². The summed E-state index contributed by atoms with van der Waals surface area (Å²) in [5.41, 5.74) is 3.95. The number of amides is 1. The second-order valence-electron chi connectivity index (χ2n) is 13.0. The molecule has 0 saturated heterocycles. The van der Waals surface area contributed by atoms with Gasteiger partial charge in [0.25, 0.3) is 0 Å². The van der Waals surface area contributed by atoms with E-state index in [1.165, 1.54) is 17.5 Å². The van der Waals surface area contributed by atoms with Crippen LogP contribution < -0.4 is 10.6 Å². The Kier molecular flexibility index (Phi) is 11.4. The zero-order valence-electron chi connectivity index (χ0n) is 29.1. The molecule has 0 bridgehead atoms. The Hall–Kier alpha value is -5.02. The van der Waals surface area contributed by atoms with E-state index >= 15 is 0 Å². The molecule has 12 nitrogen and oxygen atoms in total. The third-order valence-corrected chi connectivity index (χ3v) is 9.61. The zero-order chi connectivity index (χ0) is 36.8. The molecule has 1 saturated carbocycles. The molecule has 15 heteroatoms. The Morgan fingerprint density at radius 3 is 2.25 bits per heavy atom. The minimum absolute atomic E-state index is 0.0999. The number of hydrogen-bond donors (Lipinski definition) is 4. The molecule has 4 atom stereocenters. The lowest BCUT2D eigenvalue weighted by atomic mass is 9.88. The van der Waals surface area contributed by atoms with Gasteiger partial charge in [0.15, 0.2) is 17.0 Å². The zero-order valence-corrected chi connectivity index (χ0v) is 29.1. The fourth-order valence-corrected chi connectivity index (χ4v) is 7.00. The van der Waals surface area contributed by atoms with Gasteiger partial charge in [-0.15, -0.1) is 0 Å².